The van der Waals surface area contributed by atoms with Crippen molar-refractivity contribution in [3.8, 4) is 6.07 Å². The van der Waals surface area contributed by atoms with Gasteiger partial charge < -0.3 is 4.90 Å². The fourth-order valence-electron chi connectivity index (χ4n) is 1.24. The first-order chi connectivity index (χ1) is 6.77. The Kier molecular flexibility index (Phi) is 4.21. The van der Waals surface area contributed by atoms with Crippen LogP contribution in [0.3, 0.4) is 0 Å². The van der Waals surface area contributed by atoms with Gasteiger partial charge >= 0.3 is 0 Å². The molecule has 0 bridgehead atoms. The zero-order valence-electron chi connectivity index (χ0n) is 8.07. The Balaban J connectivity index is 2.74. The van der Waals surface area contributed by atoms with Crippen LogP contribution in [0.1, 0.15) is 13.3 Å². The van der Waals surface area contributed by atoms with Crippen LogP contribution in [0, 0.1) is 11.3 Å². The third kappa shape index (κ3) is 2.90. The van der Waals surface area contributed by atoms with Gasteiger partial charge in [-0.15, -0.1) is 0 Å². The van der Waals surface area contributed by atoms with Gasteiger partial charge in [0, 0.05) is 25.0 Å². The van der Waals surface area contributed by atoms with Gasteiger partial charge in [-0.05, 0) is 19.1 Å². The van der Waals surface area contributed by atoms with E-state index in [-0.39, 0.29) is 0 Å². The molecule has 74 valence electrons. The highest BCUT2D eigenvalue weighted by Gasteiger charge is 2.03. The highest BCUT2D eigenvalue weighted by Crippen LogP contribution is 2.17. The minimum absolute atomic E-state index is 0.484. The standard InChI is InChI=1S/C10H12ClN3/c1-2-14(7-3-5-12)9-4-6-13-10(11)8-9/h4,6,8H,2-3,7H2,1H3. The number of nitrogens with zero attached hydrogens (tertiary/aromatic N) is 3. The summed E-state index contributed by atoms with van der Waals surface area (Å²) >= 11 is 5.78. The highest BCUT2D eigenvalue weighted by molar-refractivity contribution is 6.29. The zero-order valence-corrected chi connectivity index (χ0v) is 8.83. The van der Waals surface area contributed by atoms with Gasteiger partial charge in [0.2, 0.25) is 0 Å². The molecule has 0 amide bonds. The van der Waals surface area contributed by atoms with E-state index in [2.05, 4.69) is 16.0 Å². The Morgan fingerprint density at radius 2 is 2.43 bits per heavy atom. The second-order valence-electron chi connectivity index (χ2n) is 2.82. The van der Waals surface area contributed by atoms with Crippen molar-refractivity contribution in [3.05, 3.63) is 23.5 Å². The maximum atomic E-state index is 8.50. The zero-order chi connectivity index (χ0) is 10.4. The predicted octanol–water partition coefficient (Wildman–Crippen LogP) is 2.47. The van der Waals surface area contributed by atoms with Crippen molar-refractivity contribution in [2.45, 2.75) is 13.3 Å². The number of rotatable bonds is 4. The van der Waals surface area contributed by atoms with E-state index in [1.807, 2.05) is 19.1 Å². The first-order valence-corrected chi connectivity index (χ1v) is 4.89. The van der Waals surface area contributed by atoms with E-state index in [1.54, 1.807) is 6.20 Å². The molecular weight excluding hydrogens is 198 g/mol. The molecule has 1 aromatic rings. The Morgan fingerprint density at radius 1 is 1.64 bits per heavy atom. The monoisotopic (exact) mass is 209 g/mol. The lowest BCUT2D eigenvalue weighted by Crippen LogP contribution is -2.23. The molecule has 0 unspecified atom stereocenters. The Morgan fingerprint density at radius 3 is 3.00 bits per heavy atom. The molecule has 0 atom stereocenters. The van der Waals surface area contributed by atoms with Crippen LogP contribution in [0.25, 0.3) is 0 Å². The van der Waals surface area contributed by atoms with Crippen molar-refractivity contribution < 1.29 is 0 Å². The molecule has 0 aliphatic carbocycles. The maximum Gasteiger partial charge on any atom is 0.131 e. The Hall–Kier alpha value is -1.27. The fraction of sp³-hybridized carbons (Fsp3) is 0.400. The molecule has 0 saturated carbocycles. The van der Waals surface area contributed by atoms with Gasteiger partial charge in [-0.25, -0.2) is 4.98 Å². The summed E-state index contributed by atoms with van der Waals surface area (Å²) in [6.07, 6.45) is 2.19. The van der Waals surface area contributed by atoms with Crippen LogP contribution in [0.4, 0.5) is 5.69 Å². The average molecular weight is 210 g/mol. The van der Waals surface area contributed by atoms with Crippen molar-refractivity contribution in [1.29, 1.82) is 5.26 Å². The smallest absolute Gasteiger partial charge is 0.131 e. The fourth-order valence-corrected chi connectivity index (χ4v) is 1.41. The molecule has 0 fully saturated rings. The van der Waals surface area contributed by atoms with Crippen LogP contribution < -0.4 is 4.90 Å². The van der Waals surface area contributed by atoms with Crippen LogP contribution in [0.2, 0.25) is 5.15 Å². The second-order valence-corrected chi connectivity index (χ2v) is 3.21. The van der Waals surface area contributed by atoms with E-state index < -0.39 is 0 Å². The van der Waals surface area contributed by atoms with Gasteiger partial charge in [-0.1, -0.05) is 11.6 Å². The van der Waals surface area contributed by atoms with Crippen molar-refractivity contribution in [2.24, 2.45) is 0 Å². The molecule has 1 aromatic heterocycles. The second kappa shape index (κ2) is 5.46. The third-order valence-electron chi connectivity index (χ3n) is 1.95. The summed E-state index contributed by atoms with van der Waals surface area (Å²) in [5.41, 5.74) is 1.02. The van der Waals surface area contributed by atoms with Crippen LogP contribution in [0.15, 0.2) is 18.3 Å². The Labute approximate surface area is 88.9 Å². The largest absolute Gasteiger partial charge is 0.371 e. The lowest BCUT2D eigenvalue weighted by Gasteiger charge is -2.21. The van der Waals surface area contributed by atoms with Gasteiger partial charge in [0.05, 0.1) is 12.5 Å². The number of anilines is 1. The molecule has 0 aliphatic heterocycles. The molecule has 14 heavy (non-hydrogen) atoms. The lowest BCUT2D eigenvalue weighted by atomic mass is 10.3. The number of halogens is 1. The summed E-state index contributed by atoms with van der Waals surface area (Å²) in [5.74, 6) is 0. The molecule has 3 nitrogen and oxygen atoms in total. The molecule has 0 radical (unpaired) electrons. The molecule has 4 heteroatoms. The average Bonchev–Trinajstić information content (AvgIpc) is 2.19. The minimum atomic E-state index is 0.484. The van der Waals surface area contributed by atoms with E-state index in [4.69, 9.17) is 16.9 Å². The minimum Gasteiger partial charge on any atom is -0.371 e. The van der Waals surface area contributed by atoms with Crippen LogP contribution >= 0.6 is 11.6 Å². The molecule has 1 heterocycles. The number of hydrogen-bond acceptors (Lipinski definition) is 3. The maximum absolute atomic E-state index is 8.50. The van der Waals surface area contributed by atoms with Crippen molar-refractivity contribution in [2.75, 3.05) is 18.0 Å². The van der Waals surface area contributed by atoms with E-state index >= 15 is 0 Å². The number of hydrogen-bond donors (Lipinski definition) is 0. The SMILES string of the molecule is CCN(CCC#N)c1ccnc(Cl)c1. The topological polar surface area (TPSA) is 39.9 Å². The summed E-state index contributed by atoms with van der Waals surface area (Å²) < 4.78 is 0. The predicted molar refractivity (Wildman–Crippen MR) is 57.4 cm³/mol. The molecule has 0 N–H and O–H groups in total. The summed E-state index contributed by atoms with van der Waals surface area (Å²) in [5, 5.41) is 8.98. The molecular formula is C10H12ClN3. The van der Waals surface area contributed by atoms with Gasteiger partial charge in [0.15, 0.2) is 0 Å². The summed E-state index contributed by atoms with van der Waals surface area (Å²) in [6, 6.07) is 5.83. The Bertz CT molecular complexity index is 332. The molecule has 0 aliphatic rings. The summed E-state index contributed by atoms with van der Waals surface area (Å²) in [4.78, 5) is 6.00. The molecule has 0 saturated heterocycles. The summed E-state index contributed by atoms with van der Waals surface area (Å²) in [7, 11) is 0. The first kappa shape index (κ1) is 10.8. The van der Waals surface area contributed by atoms with Crippen molar-refractivity contribution in [3.63, 3.8) is 0 Å². The lowest BCUT2D eigenvalue weighted by molar-refractivity contribution is 0.826. The van der Waals surface area contributed by atoms with E-state index in [9.17, 15) is 0 Å². The van der Waals surface area contributed by atoms with Crippen LogP contribution in [-0.2, 0) is 0 Å². The number of nitriles is 1. The number of pyridine rings is 1. The van der Waals surface area contributed by atoms with E-state index in [0.717, 1.165) is 18.8 Å². The van der Waals surface area contributed by atoms with Gasteiger partial charge in [0.1, 0.15) is 5.15 Å². The van der Waals surface area contributed by atoms with Crippen molar-refractivity contribution >= 4 is 17.3 Å². The van der Waals surface area contributed by atoms with Crippen LogP contribution in [0.5, 0.6) is 0 Å². The van der Waals surface area contributed by atoms with Crippen molar-refractivity contribution in [1.82, 2.24) is 4.98 Å². The molecule has 1 rings (SSSR count). The third-order valence-corrected chi connectivity index (χ3v) is 2.16. The quantitative estimate of drug-likeness (QED) is 0.716. The van der Waals surface area contributed by atoms with Crippen LogP contribution in [-0.4, -0.2) is 18.1 Å². The molecule has 0 aromatic carbocycles. The molecule has 0 spiro atoms. The summed E-state index contributed by atoms with van der Waals surface area (Å²) in [6.45, 7) is 3.64. The van der Waals surface area contributed by atoms with Gasteiger partial charge in [0.25, 0.3) is 0 Å². The number of aromatic nitrogens is 1. The van der Waals surface area contributed by atoms with Gasteiger partial charge in [-0.3, -0.25) is 0 Å². The van der Waals surface area contributed by atoms with E-state index in [1.165, 1.54) is 0 Å². The normalized spacial score (nSPS) is 9.50. The first-order valence-electron chi connectivity index (χ1n) is 4.51. The van der Waals surface area contributed by atoms with Gasteiger partial charge in [-0.2, -0.15) is 5.26 Å². The van der Waals surface area contributed by atoms with E-state index in [0.29, 0.717) is 11.6 Å². The highest BCUT2D eigenvalue weighted by atomic mass is 35.5.